The zero-order valence-corrected chi connectivity index (χ0v) is 11.7. The largest absolute Gasteiger partial charge is 0.381 e. The molecule has 7 heteroatoms. The highest BCUT2D eigenvalue weighted by atomic mass is 79.9. The molecule has 0 N–H and O–H groups in total. The van der Waals surface area contributed by atoms with Crippen LogP contribution in [-0.4, -0.2) is 27.5 Å². The molecule has 1 saturated heterocycles. The average molecular weight is 326 g/mol. The Hall–Kier alpha value is -1.47. The molecule has 6 nitrogen and oxygen atoms in total. The van der Waals surface area contributed by atoms with E-state index in [9.17, 15) is 10.1 Å². The van der Waals surface area contributed by atoms with Crippen LogP contribution in [0.4, 0.5) is 5.69 Å². The number of rotatable bonds is 2. The minimum absolute atomic E-state index is 0.0512. The third-order valence-electron chi connectivity index (χ3n) is 3.36. The molecular formula is C12H12BrN3O3. The number of nitro groups is 1. The van der Waals surface area contributed by atoms with Crippen LogP contribution in [-0.2, 0) is 4.74 Å². The van der Waals surface area contributed by atoms with E-state index in [1.807, 2.05) is 6.20 Å². The fourth-order valence-corrected chi connectivity index (χ4v) is 2.88. The maximum atomic E-state index is 10.8. The summed E-state index contributed by atoms with van der Waals surface area (Å²) in [5.74, 6) is 0.375. The molecule has 0 aromatic carbocycles. The van der Waals surface area contributed by atoms with Gasteiger partial charge in [-0.3, -0.25) is 14.5 Å². The van der Waals surface area contributed by atoms with E-state index in [-0.39, 0.29) is 5.69 Å². The van der Waals surface area contributed by atoms with Crippen LogP contribution < -0.4 is 0 Å². The summed E-state index contributed by atoms with van der Waals surface area (Å²) in [6.45, 7) is 1.50. The standard InChI is InChI=1S/C12H12BrN3O3/c13-10-5-9(16(17)18)6-15-7-11(14-12(10)15)8-1-3-19-4-2-8/h5-8H,1-4H2. The van der Waals surface area contributed by atoms with Crippen molar-refractivity contribution >= 4 is 27.3 Å². The van der Waals surface area contributed by atoms with Gasteiger partial charge in [0.25, 0.3) is 5.69 Å². The molecule has 19 heavy (non-hydrogen) atoms. The van der Waals surface area contributed by atoms with Crippen LogP contribution in [0.2, 0.25) is 0 Å². The van der Waals surface area contributed by atoms with Crippen molar-refractivity contribution < 1.29 is 9.66 Å². The highest BCUT2D eigenvalue weighted by molar-refractivity contribution is 9.10. The van der Waals surface area contributed by atoms with Crippen molar-refractivity contribution in [1.82, 2.24) is 9.38 Å². The summed E-state index contributed by atoms with van der Waals surface area (Å²) in [4.78, 5) is 15.0. The third-order valence-corrected chi connectivity index (χ3v) is 3.94. The smallest absolute Gasteiger partial charge is 0.287 e. The summed E-state index contributed by atoms with van der Waals surface area (Å²) in [5, 5.41) is 10.8. The van der Waals surface area contributed by atoms with E-state index < -0.39 is 4.92 Å². The van der Waals surface area contributed by atoms with Gasteiger partial charge in [0.05, 0.1) is 21.3 Å². The van der Waals surface area contributed by atoms with Gasteiger partial charge in [-0.2, -0.15) is 0 Å². The number of hydrogen-bond donors (Lipinski definition) is 0. The molecule has 0 unspecified atom stereocenters. The molecule has 0 saturated carbocycles. The summed E-state index contributed by atoms with van der Waals surface area (Å²) >= 11 is 3.34. The van der Waals surface area contributed by atoms with Crippen LogP contribution in [0.25, 0.3) is 5.65 Å². The number of hydrogen-bond acceptors (Lipinski definition) is 4. The molecule has 0 atom stereocenters. The Kier molecular flexibility index (Phi) is 3.24. The Morgan fingerprint density at radius 2 is 2.16 bits per heavy atom. The Morgan fingerprint density at radius 1 is 1.42 bits per heavy atom. The number of ether oxygens (including phenoxy) is 1. The van der Waals surface area contributed by atoms with Gasteiger partial charge in [-0.05, 0) is 28.8 Å². The maximum absolute atomic E-state index is 10.8. The van der Waals surface area contributed by atoms with E-state index in [0.717, 1.165) is 31.7 Å². The second-order valence-electron chi connectivity index (χ2n) is 4.59. The zero-order chi connectivity index (χ0) is 13.4. The molecule has 1 fully saturated rings. The van der Waals surface area contributed by atoms with Gasteiger partial charge in [0.2, 0.25) is 0 Å². The van der Waals surface area contributed by atoms with Crippen molar-refractivity contribution in [2.24, 2.45) is 0 Å². The number of halogens is 1. The number of fused-ring (bicyclic) bond motifs is 1. The molecule has 2 aromatic rings. The second-order valence-corrected chi connectivity index (χ2v) is 5.44. The van der Waals surface area contributed by atoms with E-state index in [2.05, 4.69) is 20.9 Å². The summed E-state index contributed by atoms with van der Waals surface area (Å²) in [6.07, 6.45) is 5.27. The Bertz CT molecular complexity index is 634. The average Bonchev–Trinajstić information content (AvgIpc) is 2.84. The molecule has 100 valence electrons. The predicted octanol–water partition coefficient (Wildman–Crippen LogP) is 2.90. The van der Waals surface area contributed by atoms with Gasteiger partial charge in [-0.25, -0.2) is 4.98 Å². The topological polar surface area (TPSA) is 69.7 Å². The van der Waals surface area contributed by atoms with Gasteiger partial charge < -0.3 is 4.74 Å². The lowest BCUT2D eigenvalue weighted by molar-refractivity contribution is -0.385. The first-order chi connectivity index (χ1) is 9.15. The van der Waals surface area contributed by atoms with Crippen molar-refractivity contribution in [3.05, 3.63) is 38.7 Å². The number of pyridine rings is 1. The van der Waals surface area contributed by atoms with E-state index >= 15 is 0 Å². The molecule has 3 heterocycles. The van der Waals surface area contributed by atoms with Crippen LogP contribution in [0.3, 0.4) is 0 Å². The van der Waals surface area contributed by atoms with Crippen LogP contribution in [0.5, 0.6) is 0 Å². The number of aromatic nitrogens is 2. The highest BCUT2D eigenvalue weighted by Gasteiger charge is 2.20. The molecule has 3 rings (SSSR count). The minimum atomic E-state index is -0.404. The lowest BCUT2D eigenvalue weighted by Gasteiger charge is -2.19. The highest BCUT2D eigenvalue weighted by Crippen LogP contribution is 2.29. The molecule has 1 aliphatic rings. The van der Waals surface area contributed by atoms with Crippen LogP contribution in [0, 0.1) is 10.1 Å². The van der Waals surface area contributed by atoms with Crippen molar-refractivity contribution in [3.8, 4) is 0 Å². The first-order valence-corrected chi connectivity index (χ1v) is 6.85. The van der Waals surface area contributed by atoms with Crippen LogP contribution in [0.1, 0.15) is 24.5 Å². The van der Waals surface area contributed by atoms with E-state index in [1.54, 1.807) is 4.40 Å². The summed E-state index contributed by atoms with van der Waals surface area (Å²) < 4.78 is 7.69. The molecule has 0 aliphatic carbocycles. The molecule has 2 aromatic heterocycles. The van der Waals surface area contributed by atoms with Gasteiger partial charge in [-0.15, -0.1) is 0 Å². The summed E-state index contributed by atoms with van der Waals surface area (Å²) in [5.41, 5.74) is 1.74. The molecule has 0 radical (unpaired) electrons. The lowest BCUT2D eigenvalue weighted by atomic mass is 9.97. The van der Waals surface area contributed by atoms with E-state index in [1.165, 1.54) is 12.3 Å². The number of nitrogens with zero attached hydrogens (tertiary/aromatic N) is 3. The first kappa shape index (κ1) is 12.6. The fraction of sp³-hybridized carbons (Fsp3) is 0.417. The van der Waals surface area contributed by atoms with E-state index in [4.69, 9.17) is 4.74 Å². The van der Waals surface area contributed by atoms with Crippen molar-refractivity contribution in [2.75, 3.05) is 13.2 Å². The quantitative estimate of drug-likeness (QED) is 0.628. The minimum Gasteiger partial charge on any atom is -0.381 e. The van der Waals surface area contributed by atoms with Gasteiger partial charge >= 0.3 is 0 Å². The number of imidazole rings is 1. The van der Waals surface area contributed by atoms with Crippen LogP contribution in [0.15, 0.2) is 22.9 Å². The first-order valence-electron chi connectivity index (χ1n) is 6.05. The fourth-order valence-electron chi connectivity index (χ4n) is 2.35. The summed E-state index contributed by atoms with van der Waals surface area (Å²) in [7, 11) is 0. The molecule has 0 amide bonds. The van der Waals surface area contributed by atoms with Crippen molar-refractivity contribution in [1.29, 1.82) is 0 Å². The second kappa shape index (κ2) is 4.90. The van der Waals surface area contributed by atoms with Crippen molar-refractivity contribution in [2.45, 2.75) is 18.8 Å². The van der Waals surface area contributed by atoms with Gasteiger partial charge in [0.1, 0.15) is 0 Å². The Balaban J connectivity index is 2.04. The SMILES string of the molecule is O=[N+]([O-])c1cc(Br)c2nc(C3CCOCC3)cn2c1. The Morgan fingerprint density at radius 3 is 2.84 bits per heavy atom. The maximum Gasteiger partial charge on any atom is 0.287 e. The van der Waals surface area contributed by atoms with Crippen molar-refractivity contribution in [3.63, 3.8) is 0 Å². The third kappa shape index (κ3) is 2.35. The van der Waals surface area contributed by atoms with Gasteiger partial charge in [0, 0.05) is 31.4 Å². The molecule has 0 bridgehead atoms. The predicted molar refractivity (Wildman–Crippen MR) is 72.3 cm³/mol. The van der Waals surface area contributed by atoms with Gasteiger partial charge in [0.15, 0.2) is 5.65 Å². The zero-order valence-electron chi connectivity index (χ0n) is 10.1. The van der Waals surface area contributed by atoms with E-state index in [0.29, 0.717) is 16.0 Å². The normalized spacial score (nSPS) is 16.9. The Labute approximate surface area is 117 Å². The van der Waals surface area contributed by atoms with Gasteiger partial charge in [-0.1, -0.05) is 0 Å². The summed E-state index contributed by atoms with van der Waals surface area (Å²) in [6, 6.07) is 1.48. The van der Waals surface area contributed by atoms with Crippen LogP contribution >= 0.6 is 15.9 Å². The molecular weight excluding hydrogens is 314 g/mol. The molecule has 0 spiro atoms. The molecule has 1 aliphatic heterocycles. The lowest BCUT2D eigenvalue weighted by Crippen LogP contribution is -2.14. The monoisotopic (exact) mass is 325 g/mol.